The first-order chi connectivity index (χ1) is 10.0. The van der Waals surface area contributed by atoms with E-state index >= 15 is 0 Å². The van der Waals surface area contributed by atoms with Gasteiger partial charge in [0.25, 0.3) is 0 Å². The van der Waals surface area contributed by atoms with Gasteiger partial charge in [0.15, 0.2) is 0 Å². The quantitative estimate of drug-likeness (QED) is 0.803. The van der Waals surface area contributed by atoms with Gasteiger partial charge in [0.1, 0.15) is 0 Å². The molecule has 0 radical (unpaired) electrons. The molecule has 1 heterocycles. The van der Waals surface area contributed by atoms with Crippen molar-refractivity contribution in [2.45, 2.75) is 47.1 Å². The molecule has 0 spiro atoms. The second kappa shape index (κ2) is 7.42. The third-order valence-corrected chi connectivity index (χ3v) is 4.83. The molecule has 21 heavy (non-hydrogen) atoms. The van der Waals surface area contributed by atoms with E-state index in [1.54, 1.807) is 0 Å². The van der Waals surface area contributed by atoms with Gasteiger partial charge in [-0.3, -0.25) is 4.90 Å². The topological polar surface area (TPSA) is 15.3 Å². The molecule has 1 fully saturated rings. The number of rotatable bonds is 6. The second-order valence-electron chi connectivity index (χ2n) is 7.46. The Hall–Kier alpha value is -0.860. The van der Waals surface area contributed by atoms with E-state index < -0.39 is 0 Å². The van der Waals surface area contributed by atoms with E-state index in [1.807, 2.05) is 0 Å². The van der Waals surface area contributed by atoms with E-state index in [4.69, 9.17) is 0 Å². The fourth-order valence-corrected chi connectivity index (χ4v) is 3.28. The smallest absolute Gasteiger partial charge is 0.0236 e. The fourth-order valence-electron chi connectivity index (χ4n) is 3.28. The van der Waals surface area contributed by atoms with Gasteiger partial charge in [-0.05, 0) is 54.9 Å². The van der Waals surface area contributed by atoms with Crippen molar-refractivity contribution in [1.29, 1.82) is 0 Å². The van der Waals surface area contributed by atoms with Crippen molar-refractivity contribution >= 4 is 0 Å². The summed E-state index contributed by atoms with van der Waals surface area (Å²) in [5.74, 6) is 0.839. The van der Waals surface area contributed by atoms with Crippen molar-refractivity contribution in [1.82, 2.24) is 10.2 Å². The number of nitrogens with one attached hydrogen (secondary N) is 1. The number of hydrogen-bond acceptors (Lipinski definition) is 2. The van der Waals surface area contributed by atoms with Crippen LogP contribution in [0.5, 0.6) is 0 Å². The zero-order valence-corrected chi connectivity index (χ0v) is 14.3. The maximum Gasteiger partial charge on any atom is 0.0236 e. The predicted molar refractivity (Wildman–Crippen MR) is 91.5 cm³/mol. The minimum Gasteiger partial charge on any atom is -0.317 e. The molecule has 118 valence electrons. The van der Waals surface area contributed by atoms with Gasteiger partial charge in [-0.25, -0.2) is 0 Å². The van der Waals surface area contributed by atoms with Gasteiger partial charge in [-0.2, -0.15) is 0 Å². The molecule has 2 rings (SSSR count). The number of hydrogen-bond donors (Lipinski definition) is 1. The first-order valence-electron chi connectivity index (χ1n) is 8.50. The Labute approximate surface area is 130 Å². The Morgan fingerprint density at radius 2 is 1.90 bits per heavy atom. The van der Waals surface area contributed by atoms with Crippen LogP contribution in [0, 0.1) is 11.3 Å². The van der Waals surface area contributed by atoms with Gasteiger partial charge in [0.2, 0.25) is 0 Å². The number of nitrogens with zero attached hydrogens (tertiary/aromatic N) is 1. The van der Waals surface area contributed by atoms with Crippen LogP contribution in [0.15, 0.2) is 24.3 Å². The maximum atomic E-state index is 3.43. The Bertz CT molecular complexity index is 433. The van der Waals surface area contributed by atoms with Crippen LogP contribution in [-0.2, 0) is 13.0 Å². The normalized spacial score (nSPS) is 20.1. The summed E-state index contributed by atoms with van der Waals surface area (Å²) in [7, 11) is 0. The molecule has 1 aromatic rings. The Morgan fingerprint density at radius 1 is 1.19 bits per heavy atom. The van der Waals surface area contributed by atoms with Crippen LogP contribution >= 0.6 is 0 Å². The average Bonchev–Trinajstić information content (AvgIpc) is 2.89. The maximum absolute atomic E-state index is 3.43. The lowest BCUT2D eigenvalue weighted by Crippen LogP contribution is -2.26. The standard InChI is InChI=1S/C19H32N2/c1-5-20-12-10-16-8-6-7-9-17(16)14-21-13-11-18(15-21)19(2,3)4/h6-9,18,20H,5,10-15H2,1-4H3. The minimum atomic E-state index is 0.444. The SMILES string of the molecule is CCNCCc1ccccc1CN1CCC(C(C)(C)C)C1. The summed E-state index contributed by atoms with van der Waals surface area (Å²) in [5, 5.41) is 3.43. The molecule has 2 nitrogen and oxygen atoms in total. The van der Waals surface area contributed by atoms with Crippen LogP contribution in [0.1, 0.15) is 45.2 Å². The summed E-state index contributed by atoms with van der Waals surface area (Å²) in [6.45, 7) is 15.1. The molecule has 1 aliphatic rings. The lowest BCUT2D eigenvalue weighted by atomic mass is 9.80. The molecule has 1 atom stereocenters. The largest absolute Gasteiger partial charge is 0.317 e. The third kappa shape index (κ3) is 4.82. The highest BCUT2D eigenvalue weighted by molar-refractivity contribution is 5.27. The lowest BCUT2D eigenvalue weighted by Gasteiger charge is -2.27. The molecule has 1 N–H and O–H groups in total. The second-order valence-corrected chi connectivity index (χ2v) is 7.46. The van der Waals surface area contributed by atoms with Crippen LogP contribution < -0.4 is 5.32 Å². The zero-order valence-electron chi connectivity index (χ0n) is 14.3. The van der Waals surface area contributed by atoms with Gasteiger partial charge >= 0.3 is 0 Å². The monoisotopic (exact) mass is 288 g/mol. The molecule has 0 saturated carbocycles. The highest BCUT2D eigenvalue weighted by Gasteiger charge is 2.31. The summed E-state index contributed by atoms with van der Waals surface area (Å²) < 4.78 is 0. The third-order valence-electron chi connectivity index (χ3n) is 4.83. The van der Waals surface area contributed by atoms with Crippen molar-refractivity contribution in [2.24, 2.45) is 11.3 Å². The van der Waals surface area contributed by atoms with Crippen molar-refractivity contribution < 1.29 is 0 Å². The fraction of sp³-hybridized carbons (Fsp3) is 0.684. The highest BCUT2D eigenvalue weighted by Crippen LogP contribution is 2.34. The number of benzene rings is 1. The van der Waals surface area contributed by atoms with Gasteiger partial charge in [0.05, 0.1) is 0 Å². The van der Waals surface area contributed by atoms with Gasteiger partial charge < -0.3 is 5.32 Å². The highest BCUT2D eigenvalue weighted by atomic mass is 15.1. The Balaban J connectivity index is 1.94. The van der Waals surface area contributed by atoms with E-state index in [-0.39, 0.29) is 0 Å². The Morgan fingerprint density at radius 3 is 2.52 bits per heavy atom. The minimum absolute atomic E-state index is 0.444. The molecule has 1 saturated heterocycles. The van der Waals surface area contributed by atoms with Crippen LogP contribution in [-0.4, -0.2) is 31.1 Å². The molecule has 2 heteroatoms. The van der Waals surface area contributed by atoms with Crippen LogP contribution in [0.25, 0.3) is 0 Å². The van der Waals surface area contributed by atoms with Crippen LogP contribution in [0.4, 0.5) is 0 Å². The van der Waals surface area contributed by atoms with E-state index in [2.05, 4.69) is 62.2 Å². The van der Waals surface area contributed by atoms with E-state index in [0.29, 0.717) is 5.41 Å². The van der Waals surface area contributed by atoms with Gasteiger partial charge in [0, 0.05) is 13.1 Å². The molecule has 1 unspecified atom stereocenters. The molecule has 0 aliphatic carbocycles. The predicted octanol–water partition coefficient (Wildman–Crippen LogP) is 3.71. The summed E-state index contributed by atoms with van der Waals surface area (Å²) in [5.41, 5.74) is 3.47. The van der Waals surface area contributed by atoms with Crippen molar-refractivity contribution in [3.8, 4) is 0 Å². The Kier molecular flexibility index (Phi) is 5.83. The molecule has 1 aliphatic heterocycles. The van der Waals surface area contributed by atoms with Crippen molar-refractivity contribution in [3.63, 3.8) is 0 Å². The molecular weight excluding hydrogens is 256 g/mol. The molecule has 1 aromatic carbocycles. The van der Waals surface area contributed by atoms with Gasteiger partial charge in [-0.15, -0.1) is 0 Å². The molecular formula is C19H32N2. The van der Waals surface area contributed by atoms with Crippen molar-refractivity contribution in [2.75, 3.05) is 26.2 Å². The summed E-state index contributed by atoms with van der Waals surface area (Å²) in [4.78, 5) is 2.64. The van der Waals surface area contributed by atoms with E-state index in [0.717, 1.165) is 32.0 Å². The van der Waals surface area contributed by atoms with Crippen LogP contribution in [0.3, 0.4) is 0 Å². The van der Waals surface area contributed by atoms with E-state index in [9.17, 15) is 0 Å². The molecule has 0 amide bonds. The lowest BCUT2D eigenvalue weighted by molar-refractivity contribution is 0.226. The molecule has 0 bridgehead atoms. The average molecular weight is 288 g/mol. The van der Waals surface area contributed by atoms with E-state index in [1.165, 1.54) is 30.6 Å². The zero-order chi connectivity index (χ0) is 15.3. The van der Waals surface area contributed by atoms with Crippen molar-refractivity contribution in [3.05, 3.63) is 35.4 Å². The first-order valence-corrected chi connectivity index (χ1v) is 8.50. The number of likely N-dealkylation sites (N-methyl/N-ethyl adjacent to an activating group) is 1. The van der Waals surface area contributed by atoms with Gasteiger partial charge in [-0.1, -0.05) is 52.0 Å². The molecule has 0 aromatic heterocycles. The first kappa shape index (κ1) is 16.5. The van der Waals surface area contributed by atoms with Crippen LogP contribution in [0.2, 0.25) is 0 Å². The summed E-state index contributed by atoms with van der Waals surface area (Å²) in [6, 6.07) is 8.96. The summed E-state index contributed by atoms with van der Waals surface area (Å²) >= 11 is 0. The number of likely N-dealkylation sites (tertiary alicyclic amines) is 1. The summed E-state index contributed by atoms with van der Waals surface area (Å²) in [6.07, 6.45) is 2.49.